The summed E-state index contributed by atoms with van der Waals surface area (Å²) in [5.74, 6) is -0.0711. The summed E-state index contributed by atoms with van der Waals surface area (Å²) in [6.07, 6.45) is 1.50. The van der Waals surface area contributed by atoms with E-state index in [2.05, 4.69) is 32.9 Å². The van der Waals surface area contributed by atoms with Crippen LogP contribution in [0.4, 0.5) is 10.1 Å². The van der Waals surface area contributed by atoms with Crippen LogP contribution in [0.25, 0.3) is 0 Å². The molecule has 0 saturated carbocycles. The average Bonchev–Trinajstić information content (AvgIpc) is 2.92. The summed E-state index contributed by atoms with van der Waals surface area (Å²) in [7, 11) is 0. The van der Waals surface area contributed by atoms with Gasteiger partial charge in [-0.15, -0.1) is 5.10 Å². The lowest BCUT2D eigenvalue weighted by molar-refractivity contribution is 0.628. The van der Waals surface area contributed by atoms with Gasteiger partial charge in [0.1, 0.15) is 5.82 Å². The van der Waals surface area contributed by atoms with E-state index in [1.165, 1.54) is 17.7 Å². The molecule has 0 amide bonds. The number of rotatable bonds is 5. The van der Waals surface area contributed by atoms with Crippen molar-refractivity contribution < 1.29 is 4.39 Å². The van der Waals surface area contributed by atoms with E-state index in [-0.39, 0.29) is 11.7 Å². The van der Waals surface area contributed by atoms with Crippen LogP contribution in [0.5, 0.6) is 0 Å². The number of nitrogens with zero attached hydrogens (tertiary/aromatic N) is 3. The first kappa shape index (κ1) is 14.9. The summed E-state index contributed by atoms with van der Waals surface area (Å²) in [6.45, 7) is 0. The maximum absolute atomic E-state index is 13.2. The van der Waals surface area contributed by atoms with Gasteiger partial charge in [0.15, 0.2) is 11.5 Å². The van der Waals surface area contributed by atoms with Gasteiger partial charge in [-0.25, -0.2) is 4.39 Å². The first-order chi connectivity index (χ1) is 11.2. The fourth-order valence-corrected chi connectivity index (χ4v) is 2.23. The summed E-state index contributed by atoms with van der Waals surface area (Å²) in [6, 6.07) is 16.1. The molecule has 2 aromatic carbocycles. The van der Waals surface area contributed by atoms with E-state index in [4.69, 9.17) is 5.73 Å². The van der Waals surface area contributed by atoms with Crippen LogP contribution in [0.3, 0.4) is 0 Å². The van der Waals surface area contributed by atoms with Crippen molar-refractivity contribution in [1.29, 1.82) is 0 Å². The summed E-state index contributed by atoms with van der Waals surface area (Å²) >= 11 is 0. The molecular weight excluding hydrogens is 293 g/mol. The molecule has 1 aliphatic rings. The molecule has 0 fully saturated rings. The number of amidine groups is 1. The molecular formula is C17H16FN5. The number of hydrogen-bond acceptors (Lipinski definition) is 5. The molecule has 3 rings (SSSR count). The maximum Gasteiger partial charge on any atom is 0.175 e. The Morgan fingerprint density at radius 2 is 1.83 bits per heavy atom. The van der Waals surface area contributed by atoms with Crippen molar-refractivity contribution in [1.82, 2.24) is 0 Å². The van der Waals surface area contributed by atoms with Crippen LogP contribution >= 0.6 is 0 Å². The summed E-state index contributed by atoms with van der Waals surface area (Å²) in [4.78, 5) is 0. The average molecular weight is 309 g/mol. The molecule has 1 aliphatic heterocycles. The Kier molecular flexibility index (Phi) is 4.42. The first-order valence-corrected chi connectivity index (χ1v) is 7.26. The highest BCUT2D eigenvalue weighted by atomic mass is 19.1. The second kappa shape index (κ2) is 6.83. The van der Waals surface area contributed by atoms with Crippen molar-refractivity contribution in [2.45, 2.75) is 12.8 Å². The molecule has 3 N–H and O–H groups in total. The van der Waals surface area contributed by atoms with E-state index in [9.17, 15) is 4.39 Å². The van der Waals surface area contributed by atoms with Crippen molar-refractivity contribution >= 4 is 22.9 Å². The van der Waals surface area contributed by atoms with Crippen LogP contribution in [0.1, 0.15) is 12.0 Å². The second-order valence-corrected chi connectivity index (χ2v) is 5.10. The number of nitrogens with one attached hydrogen (secondary N) is 1. The zero-order chi connectivity index (χ0) is 16.1. The number of nitrogens with two attached hydrogens (primary N) is 1. The van der Waals surface area contributed by atoms with Gasteiger partial charge in [-0.1, -0.05) is 36.4 Å². The number of aryl methyl sites for hydroxylation is 1. The van der Waals surface area contributed by atoms with Gasteiger partial charge in [-0.3, -0.25) is 5.43 Å². The monoisotopic (exact) mass is 309 g/mol. The van der Waals surface area contributed by atoms with E-state index in [0.29, 0.717) is 17.8 Å². The highest BCUT2D eigenvalue weighted by Crippen LogP contribution is 2.11. The van der Waals surface area contributed by atoms with Gasteiger partial charge in [0, 0.05) is 0 Å². The molecule has 116 valence electrons. The number of hydrogen-bond donors (Lipinski definition) is 2. The Bertz CT molecular complexity index is 781. The van der Waals surface area contributed by atoms with Crippen molar-refractivity contribution in [2.24, 2.45) is 21.0 Å². The fraction of sp³-hybridized carbons (Fsp3) is 0.118. The molecule has 5 nitrogen and oxygen atoms in total. The molecule has 0 bridgehead atoms. The number of anilines is 1. The summed E-state index contributed by atoms with van der Waals surface area (Å²) in [5, 5.41) is 12.2. The topological polar surface area (TPSA) is 75.1 Å². The summed E-state index contributed by atoms with van der Waals surface area (Å²) < 4.78 is 13.2. The smallest absolute Gasteiger partial charge is 0.175 e. The van der Waals surface area contributed by atoms with Crippen LogP contribution in [0.15, 0.2) is 69.9 Å². The van der Waals surface area contributed by atoms with Crippen LogP contribution in [0, 0.1) is 5.82 Å². The Hall–Kier alpha value is -3.02. The third-order valence-corrected chi connectivity index (χ3v) is 3.41. The molecule has 0 aliphatic carbocycles. The van der Waals surface area contributed by atoms with Gasteiger partial charge in [-0.05, 0) is 36.6 Å². The fourth-order valence-electron chi connectivity index (χ4n) is 2.23. The van der Waals surface area contributed by atoms with Gasteiger partial charge in [0.2, 0.25) is 0 Å². The normalized spacial score (nSPS) is 15.4. The first-order valence-electron chi connectivity index (χ1n) is 7.26. The standard InChI is InChI=1S/C17H16FN5/c18-13-7-4-8-14(11-13)20-22-16-15(21-23-17(16)19)10-9-12-5-2-1-3-6-12/h1-8,11,20H,9-10H2,(H2,19,22,23). The second-order valence-electron chi connectivity index (χ2n) is 5.10. The van der Waals surface area contributed by atoms with Crippen molar-refractivity contribution in [3.05, 3.63) is 66.0 Å². The van der Waals surface area contributed by atoms with Gasteiger partial charge in [0.05, 0.1) is 11.4 Å². The largest absolute Gasteiger partial charge is 0.380 e. The Labute approximate surface area is 133 Å². The molecule has 0 radical (unpaired) electrons. The minimum atomic E-state index is -0.332. The highest BCUT2D eigenvalue weighted by Gasteiger charge is 2.19. The third-order valence-electron chi connectivity index (χ3n) is 3.41. The molecule has 0 aromatic heterocycles. The predicted molar refractivity (Wildman–Crippen MR) is 91.3 cm³/mol. The maximum atomic E-state index is 13.2. The lowest BCUT2D eigenvalue weighted by atomic mass is 10.0. The molecule has 2 aromatic rings. The number of halogens is 1. The third kappa shape index (κ3) is 3.79. The van der Waals surface area contributed by atoms with E-state index in [1.807, 2.05) is 18.2 Å². The molecule has 1 heterocycles. The van der Waals surface area contributed by atoms with Crippen LogP contribution in [-0.4, -0.2) is 17.3 Å². The lowest BCUT2D eigenvalue weighted by Gasteiger charge is -2.05. The molecule has 23 heavy (non-hydrogen) atoms. The Morgan fingerprint density at radius 3 is 2.61 bits per heavy atom. The van der Waals surface area contributed by atoms with Gasteiger partial charge in [-0.2, -0.15) is 10.2 Å². The van der Waals surface area contributed by atoms with Crippen LogP contribution in [0.2, 0.25) is 0 Å². The molecule has 0 unspecified atom stereocenters. The number of hydrazone groups is 1. The Balaban J connectivity index is 1.68. The highest BCUT2D eigenvalue weighted by molar-refractivity contribution is 6.69. The molecule has 0 spiro atoms. The zero-order valence-corrected chi connectivity index (χ0v) is 12.4. The summed E-state index contributed by atoms with van der Waals surface area (Å²) in [5.41, 5.74) is 11.6. The number of benzene rings is 2. The molecule has 0 saturated heterocycles. The lowest BCUT2D eigenvalue weighted by Crippen LogP contribution is -2.28. The van der Waals surface area contributed by atoms with E-state index in [1.54, 1.807) is 12.1 Å². The van der Waals surface area contributed by atoms with Crippen LogP contribution in [-0.2, 0) is 6.42 Å². The minimum absolute atomic E-state index is 0.261. The van der Waals surface area contributed by atoms with Crippen LogP contribution < -0.4 is 11.2 Å². The predicted octanol–water partition coefficient (Wildman–Crippen LogP) is 2.95. The van der Waals surface area contributed by atoms with Crippen molar-refractivity contribution in [3.63, 3.8) is 0 Å². The molecule has 0 atom stereocenters. The van der Waals surface area contributed by atoms with Crippen molar-refractivity contribution in [3.8, 4) is 0 Å². The quantitative estimate of drug-likeness (QED) is 0.833. The van der Waals surface area contributed by atoms with Gasteiger partial charge in [0.25, 0.3) is 0 Å². The molecule has 6 heteroatoms. The van der Waals surface area contributed by atoms with Gasteiger partial charge >= 0.3 is 0 Å². The minimum Gasteiger partial charge on any atom is -0.380 e. The van der Waals surface area contributed by atoms with E-state index < -0.39 is 0 Å². The van der Waals surface area contributed by atoms with Crippen molar-refractivity contribution in [2.75, 3.05) is 5.43 Å². The Morgan fingerprint density at radius 1 is 1.00 bits per heavy atom. The SMILES string of the molecule is NC1=NN=C(CCc2ccccc2)/C1=N\Nc1cccc(F)c1. The van der Waals surface area contributed by atoms with E-state index in [0.717, 1.165) is 12.1 Å². The van der Waals surface area contributed by atoms with E-state index >= 15 is 0 Å². The zero-order valence-electron chi connectivity index (χ0n) is 12.4. The van der Waals surface area contributed by atoms with Gasteiger partial charge < -0.3 is 5.73 Å².